The second kappa shape index (κ2) is 7.47. The molecule has 0 saturated carbocycles. The maximum Gasteiger partial charge on any atom is 0.257 e. The second-order valence-corrected chi connectivity index (χ2v) is 6.63. The average Bonchev–Trinajstić information content (AvgIpc) is 3.01. The van der Waals surface area contributed by atoms with Crippen molar-refractivity contribution < 1.29 is 9.18 Å². The fourth-order valence-corrected chi connectivity index (χ4v) is 2.81. The largest absolute Gasteiger partial charge is 0.322 e. The number of anilines is 1. The molecule has 1 amide bonds. The highest BCUT2D eigenvalue weighted by Crippen LogP contribution is 2.19. The van der Waals surface area contributed by atoms with E-state index in [9.17, 15) is 9.18 Å². The van der Waals surface area contributed by atoms with E-state index in [1.165, 1.54) is 35.6 Å². The van der Waals surface area contributed by atoms with Crippen LogP contribution in [0.1, 0.15) is 26.6 Å². The standard InChI is InChI=1S/C19H12ClFN2OS/c1-12-22-16(11-25-12)6-2-13-3-9-18(20)17(10-13)19(24)23-15-7-4-14(21)5-8-15/h3-5,7-11H,1H3,(H,23,24). The molecule has 0 aliphatic carbocycles. The maximum absolute atomic E-state index is 12.9. The van der Waals surface area contributed by atoms with Crippen molar-refractivity contribution in [2.75, 3.05) is 5.32 Å². The Kier molecular flexibility index (Phi) is 5.13. The van der Waals surface area contributed by atoms with Gasteiger partial charge >= 0.3 is 0 Å². The highest BCUT2D eigenvalue weighted by molar-refractivity contribution is 7.09. The molecule has 0 saturated heterocycles. The monoisotopic (exact) mass is 370 g/mol. The summed E-state index contributed by atoms with van der Waals surface area (Å²) in [4.78, 5) is 16.7. The molecule has 2 aromatic carbocycles. The van der Waals surface area contributed by atoms with Gasteiger partial charge in [-0.25, -0.2) is 9.37 Å². The summed E-state index contributed by atoms with van der Waals surface area (Å²) in [6.07, 6.45) is 0. The average molecular weight is 371 g/mol. The van der Waals surface area contributed by atoms with Gasteiger partial charge in [-0.05, 0) is 55.3 Å². The number of hydrogen-bond donors (Lipinski definition) is 1. The molecule has 1 aromatic heterocycles. The van der Waals surface area contributed by atoms with Crippen molar-refractivity contribution in [3.05, 3.63) is 80.5 Å². The number of thiazole rings is 1. The molecule has 0 bridgehead atoms. The summed E-state index contributed by atoms with van der Waals surface area (Å²) in [6.45, 7) is 1.91. The summed E-state index contributed by atoms with van der Waals surface area (Å²) in [5, 5.41) is 5.82. The third kappa shape index (κ3) is 4.44. The molecular formula is C19H12ClFN2OS. The Morgan fingerprint density at radius 2 is 1.96 bits per heavy atom. The summed E-state index contributed by atoms with van der Waals surface area (Å²) in [5.74, 6) is 5.18. The third-order valence-corrected chi connectivity index (χ3v) is 4.37. The van der Waals surface area contributed by atoms with Crippen molar-refractivity contribution in [1.29, 1.82) is 0 Å². The lowest BCUT2D eigenvalue weighted by Crippen LogP contribution is -2.12. The predicted octanol–water partition coefficient (Wildman–Crippen LogP) is 4.90. The molecule has 3 rings (SSSR count). The van der Waals surface area contributed by atoms with E-state index in [4.69, 9.17) is 11.6 Å². The quantitative estimate of drug-likeness (QED) is 0.652. The van der Waals surface area contributed by atoms with Crippen LogP contribution < -0.4 is 5.32 Å². The van der Waals surface area contributed by atoms with Gasteiger partial charge in [-0.1, -0.05) is 17.5 Å². The number of amides is 1. The van der Waals surface area contributed by atoms with Crippen LogP contribution in [0.4, 0.5) is 10.1 Å². The van der Waals surface area contributed by atoms with Crippen molar-refractivity contribution in [1.82, 2.24) is 4.98 Å². The van der Waals surface area contributed by atoms with E-state index in [0.717, 1.165) is 5.01 Å². The number of halogens is 2. The van der Waals surface area contributed by atoms with E-state index in [-0.39, 0.29) is 11.7 Å². The minimum absolute atomic E-state index is 0.298. The maximum atomic E-state index is 12.9. The van der Waals surface area contributed by atoms with E-state index in [1.54, 1.807) is 18.2 Å². The van der Waals surface area contributed by atoms with Crippen LogP contribution in [0.25, 0.3) is 0 Å². The molecule has 1 heterocycles. The number of carbonyl (C=O) groups excluding carboxylic acids is 1. The Morgan fingerprint density at radius 1 is 1.20 bits per heavy atom. The number of benzene rings is 2. The van der Waals surface area contributed by atoms with E-state index in [0.29, 0.717) is 27.5 Å². The molecule has 6 heteroatoms. The lowest BCUT2D eigenvalue weighted by Gasteiger charge is -2.07. The number of nitrogens with zero attached hydrogens (tertiary/aromatic N) is 1. The first-order valence-corrected chi connectivity index (χ1v) is 8.57. The lowest BCUT2D eigenvalue weighted by atomic mass is 10.1. The number of nitrogens with one attached hydrogen (secondary N) is 1. The minimum Gasteiger partial charge on any atom is -0.322 e. The van der Waals surface area contributed by atoms with Crippen LogP contribution >= 0.6 is 22.9 Å². The van der Waals surface area contributed by atoms with Gasteiger partial charge in [-0.15, -0.1) is 11.3 Å². The van der Waals surface area contributed by atoms with Crippen molar-refractivity contribution in [2.24, 2.45) is 0 Å². The Hall–Kier alpha value is -2.68. The van der Waals surface area contributed by atoms with E-state index in [1.807, 2.05) is 12.3 Å². The van der Waals surface area contributed by atoms with E-state index in [2.05, 4.69) is 22.1 Å². The van der Waals surface area contributed by atoms with Gasteiger partial charge in [0.2, 0.25) is 0 Å². The number of rotatable bonds is 2. The number of hydrogen-bond acceptors (Lipinski definition) is 3. The highest BCUT2D eigenvalue weighted by Gasteiger charge is 2.11. The fraction of sp³-hybridized carbons (Fsp3) is 0.0526. The second-order valence-electron chi connectivity index (χ2n) is 5.16. The van der Waals surface area contributed by atoms with Crippen LogP contribution in [0.3, 0.4) is 0 Å². The number of aromatic nitrogens is 1. The van der Waals surface area contributed by atoms with E-state index >= 15 is 0 Å². The fourth-order valence-electron chi connectivity index (χ4n) is 2.07. The molecule has 0 radical (unpaired) electrons. The van der Waals surface area contributed by atoms with Gasteiger partial charge in [0.25, 0.3) is 5.91 Å². The highest BCUT2D eigenvalue weighted by atomic mass is 35.5. The third-order valence-electron chi connectivity index (χ3n) is 3.27. The molecule has 0 fully saturated rings. The summed E-state index contributed by atoms with van der Waals surface area (Å²) < 4.78 is 12.9. The first kappa shape index (κ1) is 17.2. The molecule has 0 aliphatic heterocycles. The van der Waals surface area contributed by atoms with Crippen molar-refractivity contribution in [2.45, 2.75) is 6.92 Å². The van der Waals surface area contributed by atoms with E-state index < -0.39 is 0 Å². The first-order chi connectivity index (χ1) is 12.0. The Labute approximate surface area is 153 Å². The molecule has 3 aromatic rings. The van der Waals surface area contributed by atoms with Crippen LogP contribution in [-0.2, 0) is 0 Å². The first-order valence-electron chi connectivity index (χ1n) is 7.32. The van der Waals surface area contributed by atoms with Crippen molar-refractivity contribution in [3.8, 4) is 11.8 Å². The summed E-state index contributed by atoms with van der Waals surface area (Å²) in [5.41, 5.74) is 2.12. The normalized spacial score (nSPS) is 10.0. The van der Waals surface area contributed by atoms with Crippen molar-refractivity contribution in [3.63, 3.8) is 0 Å². The zero-order chi connectivity index (χ0) is 17.8. The molecule has 0 atom stereocenters. The molecule has 1 N–H and O–H groups in total. The summed E-state index contributed by atoms with van der Waals surface area (Å²) in [6, 6.07) is 10.5. The zero-order valence-electron chi connectivity index (χ0n) is 13.1. The lowest BCUT2D eigenvalue weighted by molar-refractivity contribution is 0.102. The zero-order valence-corrected chi connectivity index (χ0v) is 14.7. The van der Waals surface area contributed by atoms with Gasteiger partial charge < -0.3 is 5.32 Å². The molecular weight excluding hydrogens is 359 g/mol. The molecule has 25 heavy (non-hydrogen) atoms. The van der Waals surface area contributed by atoms with Gasteiger partial charge in [0, 0.05) is 16.6 Å². The van der Waals surface area contributed by atoms with Crippen molar-refractivity contribution >= 4 is 34.5 Å². The Bertz CT molecular complexity index is 987. The van der Waals surface area contributed by atoms with Crippen LogP contribution in [0.15, 0.2) is 47.8 Å². The Morgan fingerprint density at radius 3 is 2.64 bits per heavy atom. The smallest absolute Gasteiger partial charge is 0.257 e. The van der Waals surface area contributed by atoms with Crippen LogP contribution in [-0.4, -0.2) is 10.9 Å². The number of carbonyl (C=O) groups is 1. The SMILES string of the molecule is Cc1nc(C#Cc2ccc(Cl)c(C(=O)Nc3ccc(F)cc3)c2)cs1. The Balaban J connectivity index is 1.82. The van der Waals surface area contributed by atoms with Gasteiger partial charge in [-0.3, -0.25) is 4.79 Å². The van der Waals surface area contributed by atoms with Crippen LogP contribution in [0.2, 0.25) is 5.02 Å². The summed E-state index contributed by atoms with van der Waals surface area (Å²) in [7, 11) is 0. The number of aryl methyl sites for hydroxylation is 1. The summed E-state index contributed by atoms with van der Waals surface area (Å²) >= 11 is 7.65. The van der Waals surface area contributed by atoms with Gasteiger partial charge in [0.05, 0.1) is 15.6 Å². The molecule has 124 valence electrons. The molecule has 0 unspecified atom stereocenters. The predicted molar refractivity (Wildman–Crippen MR) is 98.6 cm³/mol. The molecule has 0 spiro atoms. The topological polar surface area (TPSA) is 42.0 Å². The van der Waals surface area contributed by atoms with Gasteiger partial charge in [0.1, 0.15) is 11.5 Å². The molecule has 0 aliphatic rings. The molecule has 3 nitrogen and oxygen atoms in total. The minimum atomic E-state index is -0.384. The van der Waals surface area contributed by atoms with Gasteiger partial charge in [-0.2, -0.15) is 0 Å². The van der Waals surface area contributed by atoms with Crippen LogP contribution in [0.5, 0.6) is 0 Å². The van der Waals surface area contributed by atoms with Crippen LogP contribution in [0, 0.1) is 24.6 Å². The van der Waals surface area contributed by atoms with Gasteiger partial charge in [0.15, 0.2) is 0 Å².